The van der Waals surface area contributed by atoms with E-state index in [0.29, 0.717) is 22.7 Å². The highest BCUT2D eigenvalue weighted by Gasteiger charge is 2.29. The van der Waals surface area contributed by atoms with Crippen molar-refractivity contribution in [1.82, 2.24) is 0 Å². The Morgan fingerprint density at radius 2 is 1.91 bits per heavy atom. The second-order valence-corrected chi connectivity index (χ2v) is 5.30. The molecule has 6 heteroatoms. The van der Waals surface area contributed by atoms with Crippen LogP contribution in [0, 0.1) is 5.82 Å². The summed E-state index contributed by atoms with van der Waals surface area (Å²) < 4.78 is 18.4. The van der Waals surface area contributed by atoms with Crippen LogP contribution in [0.25, 0.3) is 0 Å². The van der Waals surface area contributed by atoms with E-state index in [1.807, 2.05) is 0 Å². The van der Waals surface area contributed by atoms with Gasteiger partial charge in [-0.2, -0.15) is 0 Å². The van der Waals surface area contributed by atoms with Crippen LogP contribution in [0.15, 0.2) is 42.5 Å². The second kappa shape index (κ2) is 5.72. The summed E-state index contributed by atoms with van der Waals surface area (Å²) in [5.41, 5.74) is 1.46. The number of hydrogen-bond acceptors (Lipinski definition) is 3. The van der Waals surface area contributed by atoms with E-state index < -0.39 is 11.9 Å². The number of rotatable bonds is 2. The van der Waals surface area contributed by atoms with Crippen molar-refractivity contribution in [2.24, 2.45) is 0 Å². The van der Waals surface area contributed by atoms with Crippen LogP contribution in [-0.4, -0.2) is 25.0 Å². The molecule has 0 unspecified atom stereocenters. The Labute approximate surface area is 132 Å². The van der Waals surface area contributed by atoms with Crippen molar-refractivity contribution < 1.29 is 18.7 Å². The molecule has 1 aliphatic rings. The van der Waals surface area contributed by atoms with Crippen molar-refractivity contribution in [2.75, 3.05) is 17.3 Å². The molecule has 0 spiro atoms. The van der Waals surface area contributed by atoms with Gasteiger partial charge in [-0.25, -0.2) is 4.39 Å². The van der Waals surface area contributed by atoms with Crippen LogP contribution in [-0.2, 0) is 4.79 Å². The van der Waals surface area contributed by atoms with E-state index >= 15 is 0 Å². The molecule has 1 heterocycles. The minimum Gasteiger partial charge on any atom is -0.479 e. The van der Waals surface area contributed by atoms with Gasteiger partial charge in [-0.05, 0) is 49.4 Å². The predicted octanol–water partition coefficient (Wildman–Crippen LogP) is 2.82. The molecule has 0 aliphatic carbocycles. The Hall–Kier alpha value is -2.89. The van der Waals surface area contributed by atoms with Crippen LogP contribution < -0.4 is 15.0 Å². The van der Waals surface area contributed by atoms with Crippen LogP contribution >= 0.6 is 0 Å². The lowest BCUT2D eigenvalue weighted by atomic mass is 10.1. The van der Waals surface area contributed by atoms with Crippen molar-refractivity contribution in [3.63, 3.8) is 0 Å². The maximum Gasteiger partial charge on any atom is 0.267 e. The number of carbonyl (C=O) groups excluding carboxylic acids is 2. The molecular weight excluding hydrogens is 299 g/mol. The van der Waals surface area contributed by atoms with Gasteiger partial charge in [-0.3, -0.25) is 9.59 Å². The zero-order valence-corrected chi connectivity index (χ0v) is 12.7. The lowest BCUT2D eigenvalue weighted by Gasteiger charge is -2.30. The highest BCUT2D eigenvalue weighted by molar-refractivity contribution is 6.05. The van der Waals surface area contributed by atoms with Crippen LogP contribution in [0.4, 0.5) is 15.8 Å². The van der Waals surface area contributed by atoms with E-state index in [9.17, 15) is 14.0 Å². The van der Waals surface area contributed by atoms with Gasteiger partial charge in [-0.15, -0.1) is 0 Å². The summed E-state index contributed by atoms with van der Waals surface area (Å²) in [6.07, 6.45) is -0.535. The summed E-state index contributed by atoms with van der Waals surface area (Å²) in [5.74, 6) is -0.329. The molecule has 0 aromatic heterocycles. The van der Waals surface area contributed by atoms with E-state index in [1.165, 1.54) is 29.2 Å². The summed E-state index contributed by atoms with van der Waals surface area (Å²) in [5, 5.41) is 2.72. The van der Waals surface area contributed by atoms with Gasteiger partial charge in [0.05, 0.1) is 5.69 Å². The van der Waals surface area contributed by atoms with Gasteiger partial charge in [-0.1, -0.05) is 0 Å². The van der Waals surface area contributed by atoms with Crippen molar-refractivity contribution in [2.45, 2.75) is 13.0 Å². The van der Waals surface area contributed by atoms with Crippen molar-refractivity contribution in [1.29, 1.82) is 0 Å². The SMILES string of the molecule is C[C@H]1Oc2ccc(NC(=O)c3ccc(F)cc3)cc2N(C)C1=O. The third-order valence-corrected chi connectivity index (χ3v) is 3.67. The molecule has 23 heavy (non-hydrogen) atoms. The Balaban J connectivity index is 1.83. The standard InChI is InChI=1S/C17H15FN2O3/c1-10-17(22)20(2)14-9-13(7-8-15(14)23-10)19-16(21)11-3-5-12(18)6-4-11/h3-10H,1-2H3,(H,19,21)/t10-/m1/s1. The topological polar surface area (TPSA) is 58.6 Å². The highest BCUT2D eigenvalue weighted by Crippen LogP contribution is 2.35. The van der Waals surface area contributed by atoms with Crippen LogP contribution in [0.1, 0.15) is 17.3 Å². The third kappa shape index (κ3) is 2.88. The van der Waals surface area contributed by atoms with E-state index in [2.05, 4.69) is 5.32 Å². The zero-order valence-electron chi connectivity index (χ0n) is 12.7. The number of carbonyl (C=O) groups is 2. The van der Waals surface area contributed by atoms with E-state index in [1.54, 1.807) is 32.2 Å². The summed E-state index contributed by atoms with van der Waals surface area (Å²) in [4.78, 5) is 25.6. The molecular formula is C17H15FN2O3. The van der Waals surface area contributed by atoms with E-state index in [0.717, 1.165) is 0 Å². The smallest absolute Gasteiger partial charge is 0.267 e. The quantitative estimate of drug-likeness (QED) is 0.927. The molecule has 1 N–H and O–H groups in total. The van der Waals surface area contributed by atoms with E-state index in [4.69, 9.17) is 4.74 Å². The Bertz CT molecular complexity index is 774. The first-order valence-electron chi connectivity index (χ1n) is 7.11. The predicted molar refractivity (Wildman–Crippen MR) is 84.3 cm³/mol. The van der Waals surface area contributed by atoms with Crippen LogP contribution in [0.3, 0.4) is 0 Å². The van der Waals surface area contributed by atoms with Gasteiger partial charge in [0, 0.05) is 18.3 Å². The number of hydrogen-bond donors (Lipinski definition) is 1. The lowest BCUT2D eigenvalue weighted by molar-refractivity contribution is -0.125. The average Bonchev–Trinajstić information content (AvgIpc) is 2.54. The van der Waals surface area contributed by atoms with Gasteiger partial charge in [0.1, 0.15) is 11.6 Å². The fourth-order valence-corrected chi connectivity index (χ4v) is 2.39. The minimum atomic E-state index is -0.535. The van der Waals surface area contributed by atoms with Gasteiger partial charge < -0.3 is 15.0 Å². The summed E-state index contributed by atoms with van der Waals surface area (Å²) in [6, 6.07) is 10.3. The highest BCUT2D eigenvalue weighted by atomic mass is 19.1. The third-order valence-electron chi connectivity index (χ3n) is 3.67. The van der Waals surface area contributed by atoms with Crippen LogP contribution in [0.2, 0.25) is 0 Å². The maximum atomic E-state index is 12.9. The fraction of sp³-hybridized carbons (Fsp3) is 0.176. The van der Waals surface area contributed by atoms with Crippen LogP contribution in [0.5, 0.6) is 5.75 Å². The summed E-state index contributed by atoms with van der Waals surface area (Å²) in [7, 11) is 1.66. The van der Waals surface area contributed by atoms with Gasteiger partial charge in [0.2, 0.25) is 0 Å². The Morgan fingerprint density at radius 3 is 2.61 bits per heavy atom. The number of anilines is 2. The van der Waals surface area contributed by atoms with Crippen molar-refractivity contribution in [3.05, 3.63) is 53.8 Å². The molecule has 2 aromatic rings. The number of benzene rings is 2. The monoisotopic (exact) mass is 314 g/mol. The number of amides is 2. The molecule has 0 fully saturated rings. The average molecular weight is 314 g/mol. The van der Waals surface area contributed by atoms with Gasteiger partial charge in [0.25, 0.3) is 11.8 Å². The lowest BCUT2D eigenvalue weighted by Crippen LogP contribution is -2.41. The Kier molecular flexibility index (Phi) is 3.73. The van der Waals surface area contributed by atoms with E-state index in [-0.39, 0.29) is 11.8 Å². The largest absolute Gasteiger partial charge is 0.479 e. The molecule has 2 aromatic carbocycles. The molecule has 0 saturated heterocycles. The molecule has 0 bridgehead atoms. The van der Waals surface area contributed by atoms with Crippen molar-refractivity contribution in [3.8, 4) is 5.75 Å². The summed E-state index contributed by atoms with van der Waals surface area (Å²) >= 11 is 0. The Morgan fingerprint density at radius 1 is 1.22 bits per heavy atom. The van der Waals surface area contributed by atoms with Gasteiger partial charge in [0.15, 0.2) is 6.10 Å². The zero-order chi connectivity index (χ0) is 16.6. The molecule has 118 valence electrons. The molecule has 0 radical (unpaired) electrons. The second-order valence-electron chi connectivity index (χ2n) is 5.30. The first-order chi connectivity index (χ1) is 11.0. The minimum absolute atomic E-state index is 0.153. The first-order valence-corrected chi connectivity index (χ1v) is 7.11. The molecule has 1 aliphatic heterocycles. The maximum absolute atomic E-state index is 12.9. The number of nitrogens with zero attached hydrogens (tertiary/aromatic N) is 1. The molecule has 2 amide bonds. The fourth-order valence-electron chi connectivity index (χ4n) is 2.39. The normalized spacial score (nSPS) is 16.6. The number of fused-ring (bicyclic) bond motifs is 1. The first kappa shape index (κ1) is 15.0. The molecule has 0 saturated carbocycles. The number of ether oxygens (including phenoxy) is 1. The van der Waals surface area contributed by atoms with Crippen molar-refractivity contribution >= 4 is 23.2 Å². The molecule has 3 rings (SSSR count). The number of halogens is 1. The number of likely N-dealkylation sites (N-methyl/N-ethyl adjacent to an activating group) is 1. The molecule has 5 nitrogen and oxygen atoms in total. The summed E-state index contributed by atoms with van der Waals surface area (Å²) in [6.45, 7) is 1.69. The van der Waals surface area contributed by atoms with Gasteiger partial charge >= 0.3 is 0 Å². The molecule has 1 atom stereocenters. The number of nitrogens with one attached hydrogen (secondary N) is 1.